The highest BCUT2D eigenvalue weighted by atomic mass is 16.2. The van der Waals surface area contributed by atoms with Gasteiger partial charge < -0.3 is 10.3 Å². The van der Waals surface area contributed by atoms with Gasteiger partial charge in [0.1, 0.15) is 5.56 Å². The van der Waals surface area contributed by atoms with E-state index in [1.165, 1.54) is 25.1 Å². The molecule has 1 aromatic heterocycles. The lowest BCUT2D eigenvalue weighted by Crippen LogP contribution is -2.46. The normalized spacial score (nSPS) is 17.1. The molecule has 2 N–H and O–H groups in total. The molecule has 1 aliphatic rings. The van der Waals surface area contributed by atoms with Gasteiger partial charge in [0, 0.05) is 30.5 Å². The van der Waals surface area contributed by atoms with Crippen molar-refractivity contribution in [3.8, 4) is 0 Å². The molecule has 1 aromatic rings. The Labute approximate surface area is 125 Å². The van der Waals surface area contributed by atoms with E-state index in [1.54, 1.807) is 6.92 Å². The fourth-order valence-electron chi connectivity index (χ4n) is 2.90. The average Bonchev–Trinajstić information content (AvgIpc) is 2.92. The number of H-pyrrole nitrogens is 1. The Morgan fingerprint density at radius 2 is 2.05 bits per heavy atom. The lowest BCUT2D eigenvalue weighted by molar-refractivity contribution is 0.0926. The summed E-state index contributed by atoms with van der Waals surface area (Å²) in [5, 5.41) is 2.92. The van der Waals surface area contributed by atoms with Crippen LogP contribution in [0.3, 0.4) is 0 Å². The van der Waals surface area contributed by atoms with Crippen LogP contribution in [0.5, 0.6) is 0 Å². The van der Waals surface area contributed by atoms with Crippen LogP contribution in [-0.2, 0) is 0 Å². The molecule has 5 nitrogen and oxygen atoms in total. The second kappa shape index (κ2) is 6.89. The fourth-order valence-corrected chi connectivity index (χ4v) is 2.90. The van der Waals surface area contributed by atoms with E-state index in [2.05, 4.69) is 29.0 Å². The molecule has 0 aromatic carbocycles. The van der Waals surface area contributed by atoms with E-state index < -0.39 is 0 Å². The first-order valence-electron chi connectivity index (χ1n) is 7.70. The van der Waals surface area contributed by atoms with Crippen LogP contribution in [0.2, 0.25) is 0 Å². The highest BCUT2D eigenvalue weighted by Gasteiger charge is 2.25. The van der Waals surface area contributed by atoms with Gasteiger partial charge in [0.15, 0.2) is 5.43 Å². The Bertz CT molecular complexity index is 545. The molecule has 1 fully saturated rings. The van der Waals surface area contributed by atoms with E-state index in [4.69, 9.17) is 0 Å². The van der Waals surface area contributed by atoms with Crippen LogP contribution in [0, 0.1) is 12.8 Å². The highest BCUT2D eigenvalue weighted by Crippen LogP contribution is 2.17. The molecular weight excluding hydrogens is 266 g/mol. The number of nitrogens with zero attached hydrogens (tertiary/aromatic N) is 1. The number of nitrogens with one attached hydrogen (secondary N) is 2. The summed E-state index contributed by atoms with van der Waals surface area (Å²) in [4.78, 5) is 29.3. The molecule has 0 bridgehead atoms. The number of aryl methyl sites for hydroxylation is 1. The molecule has 0 saturated carbocycles. The van der Waals surface area contributed by atoms with Crippen molar-refractivity contribution >= 4 is 5.91 Å². The molecule has 0 aliphatic carbocycles. The minimum absolute atomic E-state index is 0.185. The van der Waals surface area contributed by atoms with Crippen LogP contribution >= 0.6 is 0 Å². The Morgan fingerprint density at radius 1 is 1.38 bits per heavy atom. The van der Waals surface area contributed by atoms with Crippen LogP contribution < -0.4 is 10.7 Å². The molecular formula is C16H25N3O2. The third-order valence-corrected chi connectivity index (χ3v) is 4.15. The lowest BCUT2D eigenvalue weighted by Gasteiger charge is -2.30. The molecule has 1 atom stereocenters. The molecule has 0 spiro atoms. The Balaban J connectivity index is 1.99. The molecule has 21 heavy (non-hydrogen) atoms. The van der Waals surface area contributed by atoms with Gasteiger partial charge in [-0.3, -0.25) is 14.5 Å². The maximum absolute atomic E-state index is 12.2. The van der Waals surface area contributed by atoms with Crippen molar-refractivity contribution in [3.63, 3.8) is 0 Å². The molecule has 1 unspecified atom stereocenters. The van der Waals surface area contributed by atoms with Gasteiger partial charge in [0.25, 0.3) is 5.91 Å². The van der Waals surface area contributed by atoms with Crippen LogP contribution in [0.25, 0.3) is 0 Å². The van der Waals surface area contributed by atoms with Crippen molar-refractivity contribution in [3.05, 3.63) is 33.7 Å². The van der Waals surface area contributed by atoms with Gasteiger partial charge in [-0.2, -0.15) is 0 Å². The van der Waals surface area contributed by atoms with Crippen LogP contribution in [0.4, 0.5) is 0 Å². The van der Waals surface area contributed by atoms with Gasteiger partial charge in [0.2, 0.25) is 0 Å². The summed E-state index contributed by atoms with van der Waals surface area (Å²) in [7, 11) is 0. The first-order valence-corrected chi connectivity index (χ1v) is 7.70. The van der Waals surface area contributed by atoms with Gasteiger partial charge in [-0.1, -0.05) is 13.8 Å². The van der Waals surface area contributed by atoms with Crippen LogP contribution in [0.1, 0.15) is 42.7 Å². The molecule has 1 amide bonds. The smallest absolute Gasteiger partial charge is 0.256 e. The lowest BCUT2D eigenvalue weighted by atomic mass is 10.0. The number of likely N-dealkylation sites (tertiary alicyclic amines) is 1. The first kappa shape index (κ1) is 15.8. The molecule has 0 radical (unpaired) electrons. The second-order valence-electron chi connectivity index (χ2n) is 6.16. The van der Waals surface area contributed by atoms with Gasteiger partial charge >= 0.3 is 0 Å². The van der Waals surface area contributed by atoms with E-state index in [0.717, 1.165) is 18.8 Å². The minimum atomic E-state index is -0.291. The van der Waals surface area contributed by atoms with Gasteiger partial charge in [-0.05, 0) is 38.8 Å². The number of pyridine rings is 1. The summed E-state index contributed by atoms with van der Waals surface area (Å²) in [5.41, 5.74) is 0.712. The van der Waals surface area contributed by atoms with Crippen molar-refractivity contribution in [2.45, 2.75) is 39.7 Å². The number of aromatic nitrogens is 1. The summed E-state index contributed by atoms with van der Waals surface area (Å²) in [5.74, 6) is 0.181. The molecule has 2 rings (SSSR count). The maximum Gasteiger partial charge on any atom is 0.256 e. The zero-order chi connectivity index (χ0) is 15.4. The molecule has 1 saturated heterocycles. The van der Waals surface area contributed by atoms with E-state index in [1.807, 2.05) is 0 Å². The zero-order valence-corrected chi connectivity index (χ0v) is 13.1. The Kier molecular flexibility index (Phi) is 5.17. The maximum atomic E-state index is 12.2. The van der Waals surface area contributed by atoms with E-state index >= 15 is 0 Å². The van der Waals surface area contributed by atoms with Crippen molar-refractivity contribution < 1.29 is 4.79 Å². The third-order valence-electron chi connectivity index (χ3n) is 4.15. The standard InChI is InChI=1S/C16H25N3O2/c1-11(2)14(19-6-4-5-7-19)10-18-16(21)13-9-17-12(3)8-15(13)20/h8-9,11,14H,4-7,10H2,1-3H3,(H,17,20)(H,18,21). The third kappa shape index (κ3) is 3.94. The number of aromatic amines is 1. The van der Waals surface area contributed by atoms with E-state index in [0.29, 0.717) is 18.5 Å². The van der Waals surface area contributed by atoms with Gasteiger partial charge in [-0.25, -0.2) is 0 Å². The van der Waals surface area contributed by atoms with Crippen molar-refractivity contribution in [1.82, 2.24) is 15.2 Å². The fraction of sp³-hybridized carbons (Fsp3) is 0.625. The summed E-state index contributed by atoms with van der Waals surface area (Å²) >= 11 is 0. The monoisotopic (exact) mass is 291 g/mol. The summed E-state index contributed by atoms with van der Waals surface area (Å²) in [6.45, 7) is 8.93. The first-order chi connectivity index (χ1) is 9.99. The van der Waals surface area contributed by atoms with Crippen molar-refractivity contribution in [2.75, 3.05) is 19.6 Å². The van der Waals surface area contributed by atoms with E-state index in [-0.39, 0.29) is 16.9 Å². The van der Waals surface area contributed by atoms with Crippen molar-refractivity contribution in [2.24, 2.45) is 5.92 Å². The Hall–Kier alpha value is -1.62. The largest absolute Gasteiger partial charge is 0.364 e. The van der Waals surface area contributed by atoms with Crippen molar-refractivity contribution in [1.29, 1.82) is 0 Å². The number of carbonyl (C=O) groups excluding carboxylic acids is 1. The summed E-state index contributed by atoms with van der Waals surface area (Å²) < 4.78 is 0. The second-order valence-corrected chi connectivity index (χ2v) is 6.16. The zero-order valence-electron chi connectivity index (χ0n) is 13.1. The quantitative estimate of drug-likeness (QED) is 0.865. The molecule has 2 heterocycles. The highest BCUT2D eigenvalue weighted by molar-refractivity contribution is 5.93. The number of hydrogen-bond donors (Lipinski definition) is 2. The number of amides is 1. The van der Waals surface area contributed by atoms with Gasteiger partial charge in [0.05, 0.1) is 0 Å². The number of hydrogen-bond acceptors (Lipinski definition) is 3. The average molecular weight is 291 g/mol. The topological polar surface area (TPSA) is 65.2 Å². The minimum Gasteiger partial charge on any atom is -0.364 e. The Morgan fingerprint density at radius 3 is 2.62 bits per heavy atom. The molecule has 5 heteroatoms. The van der Waals surface area contributed by atoms with E-state index in [9.17, 15) is 9.59 Å². The van der Waals surface area contributed by atoms with Crippen LogP contribution in [0.15, 0.2) is 17.1 Å². The number of rotatable bonds is 5. The van der Waals surface area contributed by atoms with Crippen LogP contribution in [-0.4, -0.2) is 41.5 Å². The summed E-state index contributed by atoms with van der Waals surface area (Å²) in [6, 6.07) is 1.79. The number of carbonyl (C=O) groups is 1. The predicted molar refractivity (Wildman–Crippen MR) is 83.6 cm³/mol. The molecule has 116 valence electrons. The van der Waals surface area contributed by atoms with Gasteiger partial charge in [-0.15, -0.1) is 0 Å². The SMILES string of the molecule is Cc1cc(=O)c(C(=O)NCC(C(C)C)N2CCCC2)c[nH]1. The molecule has 1 aliphatic heterocycles. The predicted octanol–water partition coefficient (Wildman–Crippen LogP) is 1.53. The summed E-state index contributed by atoms with van der Waals surface area (Å²) in [6.07, 6.45) is 3.96.